The van der Waals surface area contributed by atoms with Crippen LogP contribution >= 0.6 is 0 Å². The summed E-state index contributed by atoms with van der Waals surface area (Å²) in [6, 6.07) is 16.6. The van der Waals surface area contributed by atoms with Crippen molar-refractivity contribution < 1.29 is 52.2 Å². The van der Waals surface area contributed by atoms with E-state index in [0.717, 1.165) is 0 Å². The predicted molar refractivity (Wildman–Crippen MR) is 176 cm³/mol. The zero-order valence-electron chi connectivity index (χ0n) is 27.8. The number of hydrogen-bond donors (Lipinski definition) is 1. The van der Waals surface area contributed by atoms with Crippen molar-refractivity contribution in [3.05, 3.63) is 59.7 Å². The van der Waals surface area contributed by atoms with E-state index in [1.807, 2.05) is 24.3 Å². The molecule has 47 heavy (non-hydrogen) atoms. The zero-order chi connectivity index (χ0) is 33.0. The molecular weight excluding hydrogens is 610 g/mol. The summed E-state index contributed by atoms with van der Waals surface area (Å²) in [5.74, 6) is 0.0536. The normalized spacial score (nSPS) is 12.3. The summed E-state index contributed by atoms with van der Waals surface area (Å²) < 4.78 is 54.1. The van der Waals surface area contributed by atoms with E-state index < -0.39 is 6.09 Å². The van der Waals surface area contributed by atoms with Crippen LogP contribution in [-0.2, 0) is 47.4 Å². The first kappa shape index (κ1) is 38.8. The van der Waals surface area contributed by atoms with Crippen molar-refractivity contribution in [1.29, 1.82) is 0 Å². The van der Waals surface area contributed by atoms with Gasteiger partial charge in [0.15, 0.2) is 0 Å². The molecule has 0 radical (unpaired) electrons. The van der Waals surface area contributed by atoms with E-state index in [1.54, 1.807) is 7.11 Å². The third-order valence-corrected chi connectivity index (χ3v) is 7.11. The van der Waals surface area contributed by atoms with E-state index in [-0.39, 0.29) is 5.92 Å². The lowest BCUT2D eigenvalue weighted by Gasteiger charge is -2.14. The molecule has 264 valence electrons. The number of nitrogens with one attached hydrogen (secondary N) is 1. The van der Waals surface area contributed by atoms with Gasteiger partial charge in [0.25, 0.3) is 0 Å². The van der Waals surface area contributed by atoms with Gasteiger partial charge in [-0.15, -0.1) is 0 Å². The maximum atomic E-state index is 12.2. The van der Waals surface area contributed by atoms with E-state index in [4.69, 9.17) is 47.4 Å². The third-order valence-electron chi connectivity index (χ3n) is 7.11. The molecule has 1 aliphatic carbocycles. The number of rotatable bonds is 30. The number of fused-ring (bicyclic) bond motifs is 3. The lowest BCUT2D eigenvalue weighted by molar-refractivity contribution is -0.0243. The Hall–Kier alpha value is -2.65. The summed E-state index contributed by atoms with van der Waals surface area (Å²) >= 11 is 0. The molecule has 0 saturated carbocycles. The van der Waals surface area contributed by atoms with Gasteiger partial charge < -0.3 is 52.7 Å². The number of alkyl carbamates (subject to hydrolysis) is 1. The van der Waals surface area contributed by atoms with Crippen LogP contribution in [0.25, 0.3) is 11.1 Å². The highest BCUT2D eigenvalue weighted by Crippen LogP contribution is 2.44. The SMILES string of the molecule is COCCOCCOCCOCCOCCOCCOCCOCCOCCCNC(=O)OCC1c2ccccc2-c2ccccc21. The molecule has 0 fully saturated rings. The van der Waals surface area contributed by atoms with Crippen molar-refractivity contribution >= 4 is 6.09 Å². The highest BCUT2D eigenvalue weighted by molar-refractivity contribution is 5.79. The minimum Gasteiger partial charge on any atom is -0.449 e. The van der Waals surface area contributed by atoms with Gasteiger partial charge in [-0.1, -0.05) is 48.5 Å². The van der Waals surface area contributed by atoms with Crippen molar-refractivity contribution in [1.82, 2.24) is 5.32 Å². The van der Waals surface area contributed by atoms with Gasteiger partial charge in [-0.05, 0) is 28.7 Å². The second kappa shape index (κ2) is 26.3. The summed E-state index contributed by atoms with van der Waals surface area (Å²) in [7, 11) is 1.64. The lowest BCUT2D eigenvalue weighted by Crippen LogP contribution is -2.27. The molecule has 1 amide bonds. The van der Waals surface area contributed by atoms with Crippen LogP contribution in [0.15, 0.2) is 48.5 Å². The van der Waals surface area contributed by atoms with Gasteiger partial charge in [0.1, 0.15) is 6.61 Å². The quantitative estimate of drug-likeness (QED) is 0.123. The van der Waals surface area contributed by atoms with Gasteiger partial charge in [-0.25, -0.2) is 4.79 Å². The van der Waals surface area contributed by atoms with Crippen LogP contribution in [0, 0.1) is 0 Å². The van der Waals surface area contributed by atoms with Crippen molar-refractivity contribution in [2.45, 2.75) is 12.3 Å². The Labute approximate surface area is 279 Å². The molecule has 1 N–H and O–H groups in total. The second-order valence-electron chi connectivity index (χ2n) is 10.5. The van der Waals surface area contributed by atoms with E-state index in [2.05, 4.69) is 29.6 Å². The van der Waals surface area contributed by atoms with Crippen LogP contribution in [0.3, 0.4) is 0 Å². The fourth-order valence-corrected chi connectivity index (χ4v) is 4.80. The van der Waals surface area contributed by atoms with Crippen molar-refractivity contribution in [2.24, 2.45) is 0 Å². The van der Waals surface area contributed by atoms with Crippen LogP contribution in [-0.4, -0.2) is 139 Å². The van der Waals surface area contributed by atoms with E-state index >= 15 is 0 Å². The van der Waals surface area contributed by atoms with Crippen LogP contribution in [0.2, 0.25) is 0 Å². The minimum absolute atomic E-state index is 0.0536. The fourth-order valence-electron chi connectivity index (χ4n) is 4.80. The van der Waals surface area contributed by atoms with E-state index in [1.165, 1.54) is 22.3 Å². The number of ether oxygens (including phenoxy) is 10. The molecule has 2 aromatic rings. The number of benzene rings is 2. The Morgan fingerprint density at radius 1 is 0.532 bits per heavy atom. The minimum atomic E-state index is -0.412. The lowest BCUT2D eigenvalue weighted by atomic mass is 9.98. The first-order valence-corrected chi connectivity index (χ1v) is 16.5. The first-order valence-electron chi connectivity index (χ1n) is 16.5. The predicted octanol–water partition coefficient (Wildman–Crippen LogP) is 3.69. The molecule has 0 atom stereocenters. The monoisotopic (exact) mass is 663 g/mol. The maximum Gasteiger partial charge on any atom is 0.407 e. The molecule has 3 rings (SSSR count). The Morgan fingerprint density at radius 2 is 0.894 bits per heavy atom. The summed E-state index contributed by atoms with van der Waals surface area (Å²) in [5, 5.41) is 2.80. The molecule has 0 spiro atoms. The average molecular weight is 664 g/mol. The third kappa shape index (κ3) is 16.8. The van der Waals surface area contributed by atoms with Crippen LogP contribution < -0.4 is 5.32 Å². The maximum absolute atomic E-state index is 12.2. The molecule has 12 nitrogen and oxygen atoms in total. The van der Waals surface area contributed by atoms with Gasteiger partial charge in [0.05, 0.1) is 106 Å². The molecule has 0 aliphatic heterocycles. The fraction of sp³-hybridized carbons (Fsp3) is 0.629. The first-order chi connectivity index (χ1) is 23.3. The highest BCUT2D eigenvalue weighted by atomic mass is 16.6. The average Bonchev–Trinajstić information content (AvgIpc) is 3.42. The smallest absolute Gasteiger partial charge is 0.407 e. The molecule has 0 heterocycles. The Bertz CT molecular complexity index is 1030. The van der Waals surface area contributed by atoms with Crippen molar-refractivity contribution in [3.63, 3.8) is 0 Å². The van der Waals surface area contributed by atoms with E-state index in [0.29, 0.717) is 132 Å². The highest BCUT2D eigenvalue weighted by Gasteiger charge is 2.28. The molecule has 0 bridgehead atoms. The topological polar surface area (TPSA) is 121 Å². The number of carbonyl (C=O) groups is 1. The van der Waals surface area contributed by atoms with Gasteiger partial charge in [0.2, 0.25) is 0 Å². The van der Waals surface area contributed by atoms with Crippen molar-refractivity contribution in [3.8, 4) is 11.1 Å². The Balaban J connectivity index is 0.994. The molecule has 0 unspecified atom stereocenters. The van der Waals surface area contributed by atoms with Crippen LogP contribution in [0.1, 0.15) is 23.5 Å². The molecule has 1 aliphatic rings. The number of carbonyl (C=O) groups excluding carboxylic acids is 1. The van der Waals surface area contributed by atoms with Crippen LogP contribution in [0.5, 0.6) is 0 Å². The van der Waals surface area contributed by atoms with Crippen molar-refractivity contribution in [2.75, 3.05) is 133 Å². The largest absolute Gasteiger partial charge is 0.449 e. The van der Waals surface area contributed by atoms with E-state index in [9.17, 15) is 4.79 Å². The van der Waals surface area contributed by atoms with Gasteiger partial charge >= 0.3 is 6.09 Å². The Kier molecular flexibility index (Phi) is 21.7. The zero-order valence-corrected chi connectivity index (χ0v) is 27.8. The standard InChI is InChI=1S/C35H53NO11/c1-38-13-14-40-17-18-42-21-22-44-25-26-46-28-27-45-24-23-43-20-19-41-16-15-39-12-6-11-36-35(37)47-29-34-32-9-4-2-7-30(32)31-8-3-5-10-33(31)34/h2-5,7-10,34H,6,11-29H2,1H3,(H,36,37). The van der Waals surface area contributed by atoms with Crippen LogP contribution in [0.4, 0.5) is 4.79 Å². The van der Waals surface area contributed by atoms with Gasteiger partial charge in [0, 0.05) is 26.2 Å². The summed E-state index contributed by atoms with van der Waals surface area (Å²) in [4.78, 5) is 12.2. The molecule has 2 aromatic carbocycles. The second-order valence-corrected chi connectivity index (χ2v) is 10.5. The van der Waals surface area contributed by atoms with Gasteiger partial charge in [-0.3, -0.25) is 0 Å². The molecule has 12 heteroatoms. The van der Waals surface area contributed by atoms with Gasteiger partial charge in [-0.2, -0.15) is 0 Å². The molecule has 0 aromatic heterocycles. The Morgan fingerprint density at radius 3 is 1.30 bits per heavy atom. The number of methoxy groups -OCH3 is 1. The number of hydrogen-bond acceptors (Lipinski definition) is 11. The number of amides is 1. The molecule has 0 saturated heterocycles. The summed E-state index contributed by atoms with van der Waals surface area (Å²) in [6.07, 6.45) is 0.277. The molecular formula is C35H53NO11. The summed E-state index contributed by atoms with van der Waals surface area (Å²) in [5.41, 5.74) is 4.82. The summed E-state index contributed by atoms with van der Waals surface area (Å²) in [6.45, 7) is 9.63.